The van der Waals surface area contributed by atoms with Gasteiger partial charge in [-0.3, -0.25) is 13.9 Å². The summed E-state index contributed by atoms with van der Waals surface area (Å²) in [7, 11) is 1.57. The highest BCUT2D eigenvalue weighted by atomic mass is 19.1. The number of benzene rings is 3. The second-order valence-electron chi connectivity index (χ2n) is 7.51. The molecule has 0 aliphatic rings. The first-order chi connectivity index (χ1) is 15.5. The Labute approximate surface area is 181 Å². The number of halogens is 1. The minimum Gasteiger partial charge on any atom is -0.497 e. The number of nitrogens with zero attached hydrogens (tertiary/aromatic N) is 2. The first kappa shape index (κ1) is 19.8. The van der Waals surface area contributed by atoms with Gasteiger partial charge < -0.3 is 9.15 Å². The molecule has 0 saturated heterocycles. The van der Waals surface area contributed by atoms with Gasteiger partial charge in [-0.05, 0) is 47.5 Å². The fourth-order valence-electron chi connectivity index (χ4n) is 3.87. The molecule has 0 fully saturated rings. The summed E-state index contributed by atoms with van der Waals surface area (Å²) in [5, 5.41) is 0.676. The molecule has 32 heavy (non-hydrogen) atoms. The Hall–Kier alpha value is -4.13. The molecule has 0 bridgehead atoms. The molecule has 6 nitrogen and oxygen atoms in total. The average molecular weight is 430 g/mol. The van der Waals surface area contributed by atoms with Crippen molar-refractivity contribution < 1.29 is 13.5 Å². The van der Waals surface area contributed by atoms with Crippen molar-refractivity contribution in [3.05, 3.63) is 111 Å². The van der Waals surface area contributed by atoms with E-state index in [1.165, 1.54) is 16.7 Å². The zero-order chi connectivity index (χ0) is 22.2. The standard InChI is InChI=1S/C25H19FN2O4/c1-31-19-12-8-17(9-13-19)15-28-24(29)23-22(20-4-2-3-5-21(20)32-23)27(25(28)30)14-16-6-10-18(26)11-7-16/h2-13H,14-15H2,1H3. The van der Waals surface area contributed by atoms with Crippen LogP contribution in [0, 0.1) is 5.82 Å². The molecule has 0 N–H and O–H groups in total. The molecule has 3 aromatic carbocycles. The molecule has 2 aromatic heterocycles. The van der Waals surface area contributed by atoms with Crippen molar-refractivity contribution in [3.63, 3.8) is 0 Å². The Balaban J connectivity index is 1.73. The fourth-order valence-corrected chi connectivity index (χ4v) is 3.87. The van der Waals surface area contributed by atoms with Gasteiger partial charge in [0.1, 0.15) is 22.7 Å². The van der Waals surface area contributed by atoms with E-state index in [2.05, 4.69) is 0 Å². The Morgan fingerprint density at radius 2 is 1.47 bits per heavy atom. The number of fused-ring (bicyclic) bond motifs is 3. The van der Waals surface area contributed by atoms with E-state index in [4.69, 9.17) is 9.15 Å². The van der Waals surface area contributed by atoms with E-state index in [1.54, 1.807) is 49.6 Å². The molecule has 2 heterocycles. The van der Waals surface area contributed by atoms with Gasteiger partial charge in [0.05, 0.1) is 20.2 Å². The van der Waals surface area contributed by atoms with E-state index in [1.807, 2.05) is 18.2 Å². The predicted octanol–water partition coefficient (Wildman–Crippen LogP) is 4.15. The van der Waals surface area contributed by atoms with Gasteiger partial charge in [-0.25, -0.2) is 9.18 Å². The van der Waals surface area contributed by atoms with Crippen molar-refractivity contribution in [1.82, 2.24) is 9.13 Å². The maximum absolute atomic E-state index is 13.5. The van der Waals surface area contributed by atoms with Gasteiger partial charge in [-0.1, -0.05) is 36.4 Å². The molecule has 0 spiro atoms. The molecule has 0 unspecified atom stereocenters. The van der Waals surface area contributed by atoms with Crippen molar-refractivity contribution in [1.29, 1.82) is 0 Å². The summed E-state index contributed by atoms with van der Waals surface area (Å²) in [6.07, 6.45) is 0. The van der Waals surface area contributed by atoms with E-state index in [9.17, 15) is 14.0 Å². The molecular formula is C25H19FN2O4. The van der Waals surface area contributed by atoms with Crippen LogP contribution in [-0.4, -0.2) is 16.2 Å². The third kappa shape index (κ3) is 3.37. The number of para-hydroxylation sites is 1. The lowest BCUT2D eigenvalue weighted by atomic mass is 10.2. The van der Waals surface area contributed by atoms with Gasteiger partial charge in [0, 0.05) is 5.39 Å². The monoisotopic (exact) mass is 430 g/mol. The zero-order valence-electron chi connectivity index (χ0n) is 17.2. The van der Waals surface area contributed by atoms with E-state index in [-0.39, 0.29) is 24.5 Å². The van der Waals surface area contributed by atoms with Gasteiger partial charge in [0.25, 0.3) is 5.56 Å². The number of hydrogen-bond donors (Lipinski definition) is 0. The SMILES string of the molecule is COc1ccc(Cn2c(=O)c3oc4ccccc4c3n(Cc3ccc(F)cc3)c2=O)cc1. The maximum Gasteiger partial charge on any atom is 0.332 e. The van der Waals surface area contributed by atoms with Gasteiger partial charge in [0.2, 0.25) is 5.58 Å². The van der Waals surface area contributed by atoms with E-state index < -0.39 is 11.2 Å². The highest BCUT2D eigenvalue weighted by Crippen LogP contribution is 2.26. The number of furan rings is 1. The normalized spacial score (nSPS) is 11.3. The lowest BCUT2D eigenvalue weighted by molar-refractivity contribution is 0.414. The van der Waals surface area contributed by atoms with Crippen LogP contribution in [0.3, 0.4) is 0 Å². The summed E-state index contributed by atoms with van der Waals surface area (Å²) in [6, 6.07) is 20.3. The molecule has 0 atom stereocenters. The van der Waals surface area contributed by atoms with E-state index >= 15 is 0 Å². The predicted molar refractivity (Wildman–Crippen MR) is 120 cm³/mol. The first-order valence-corrected chi connectivity index (χ1v) is 10.1. The number of methoxy groups -OCH3 is 1. The molecule has 0 amide bonds. The number of hydrogen-bond acceptors (Lipinski definition) is 4. The van der Waals surface area contributed by atoms with Crippen molar-refractivity contribution >= 4 is 22.1 Å². The van der Waals surface area contributed by atoms with Crippen molar-refractivity contribution in [2.75, 3.05) is 7.11 Å². The van der Waals surface area contributed by atoms with Crippen LogP contribution >= 0.6 is 0 Å². The van der Waals surface area contributed by atoms with Crippen LogP contribution in [0.1, 0.15) is 11.1 Å². The van der Waals surface area contributed by atoms with Crippen LogP contribution in [0.2, 0.25) is 0 Å². The van der Waals surface area contributed by atoms with Gasteiger partial charge in [-0.2, -0.15) is 0 Å². The minimum atomic E-state index is -0.493. The van der Waals surface area contributed by atoms with E-state index in [0.29, 0.717) is 22.2 Å². The van der Waals surface area contributed by atoms with Crippen molar-refractivity contribution in [2.24, 2.45) is 0 Å². The lowest BCUT2D eigenvalue weighted by Crippen LogP contribution is -2.40. The van der Waals surface area contributed by atoms with Gasteiger partial charge in [-0.15, -0.1) is 0 Å². The number of rotatable bonds is 5. The Bertz CT molecular complexity index is 1540. The Morgan fingerprint density at radius 3 is 2.16 bits per heavy atom. The van der Waals surface area contributed by atoms with Crippen LogP contribution in [-0.2, 0) is 13.1 Å². The molecular weight excluding hydrogens is 411 g/mol. The van der Waals surface area contributed by atoms with Crippen LogP contribution in [0.5, 0.6) is 5.75 Å². The second kappa shape index (κ2) is 7.85. The largest absolute Gasteiger partial charge is 0.497 e. The summed E-state index contributed by atoms with van der Waals surface area (Å²) in [6.45, 7) is 0.250. The van der Waals surface area contributed by atoms with Crippen molar-refractivity contribution in [3.8, 4) is 5.75 Å². The molecule has 0 radical (unpaired) electrons. The topological polar surface area (TPSA) is 66.4 Å². The maximum atomic E-state index is 13.5. The lowest BCUT2D eigenvalue weighted by Gasteiger charge is -2.12. The molecule has 7 heteroatoms. The van der Waals surface area contributed by atoms with Crippen LogP contribution < -0.4 is 16.0 Å². The summed E-state index contributed by atoms with van der Waals surface area (Å²) in [4.78, 5) is 26.8. The molecule has 0 aliphatic heterocycles. The summed E-state index contributed by atoms with van der Waals surface area (Å²) < 4.78 is 27.1. The first-order valence-electron chi connectivity index (χ1n) is 10.1. The Morgan fingerprint density at radius 1 is 0.844 bits per heavy atom. The summed E-state index contributed by atoms with van der Waals surface area (Å²) in [5.74, 6) is 0.326. The molecule has 0 aliphatic carbocycles. The smallest absolute Gasteiger partial charge is 0.332 e. The number of ether oxygens (including phenoxy) is 1. The molecule has 160 valence electrons. The van der Waals surface area contributed by atoms with Gasteiger partial charge in [0.15, 0.2) is 0 Å². The van der Waals surface area contributed by atoms with E-state index in [0.717, 1.165) is 15.7 Å². The summed E-state index contributed by atoms with van der Waals surface area (Å²) in [5.41, 5.74) is 1.62. The second-order valence-corrected chi connectivity index (χ2v) is 7.51. The Kier molecular flexibility index (Phi) is 4.86. The molecule has 5 aromatic rings. The summed E-state index contributed by atoms with van der Waals surface area (Å²) >= 11 is 0. The third-order valence-electron chi connectivity index (χ3n) is 5.49. The average Bonchev–Trinajstić information content (AvgIpc) is 3.21. The highest BCUT2D eigenvalue weighted by molar-refractivity contribution is 6.02. The highest BCUT2D eigenvalue weighted by Gasteiger charge is 2.20. The molecule has 5 rings (SSSR count). The molecule has 0 saturated carbocycles. The number of aromatic nitrogens is 2. The van der Waals surface area contributed by atoms with Crippen LogP contribution in [0.4, 0.5) is 4.39 Å². The van der Waals surface area contributed by atoms with Crippen LogP contribution in [0.25, 0.3) is 22.1 Å². The fraction of sp³-hybridized carbons (Fsp3) is 0.120. The zero-order valence-corrected chi connectivity index (χ0v) is 17.2. The third-order valence-corrected chi connectivity index (χ3v) is 5.49. The van der Waals surface area contributed by atoms with Crippen molar-refractivity contribution in [2.45, 2.75) is 13.1 Å². The van der Waals surface area contributed by atoms with Gasteiger partial charge >= 0.3 is 5.69 Å². The quantitative estimate of drug-likeness (QED) is 0.420. The minimum absolute atomic E-state index is 0.0814. The van der Waals surface area contributed by atoms with Crippen LogP contribution in [0.15, 0.2) is 86.8 Å².